The SMILES string of the molecule is COC(C)(C)CC1CCC(=O)O1. The molecule has 1 heterocycles. The second-order valence-electron chi connectivity index (χ2n) is 3.82. The first kappa shape index (κ1) is 9.52. The number of methoxy groups -OCH3 is 1. The minimum atomic E-state index is -0.185. The Kier molecular flexibility index (Phi) is 2.73. The van der Waals surface area contributed by atoms with Crippen LogP contribution >= 0.6 is 0 Å². The molecule has 1 rings (SSSR count). The van der Waals surface area contributed by atoms with Crippen molar-refractivity contribution in [1.82, 2.24) is 0 Å². The van der Waals surface area contributed by atoms with E-state index in [4.69, 9.17) is 9.47 Å². The lowest BCUT2D eigenvalue weighted by Crippen LogP contribution is -2.28. The quantitative estimate of drug-likeness (QED) is 0.605. The zero-order valence-corrected chi connectivity index (χ0v) is 7.92. The zero-order valence-electron chi connectivity index (χ0n) is 7.92. The number of rotatable bonds is 3. The van der Waals surface area contributed by atoms with E-state index in [1.807, 2.05) is 13.8 Å². The molecule has 3 heteroatoms. The highest BCUT2D eigenvalue weighted by atomic mass is 16.6. The molecule has 70 valence electrons. The van der Waals surface area contributed by atoms with Crippen molar-refractivity contribution < 1.29 is 14.3 Å². The molecule has 1 aliphatic rings. The fourth-order valence-electron chi connectivity index (χ4n) is 1.36. The van der Waals surface area contributed by atoms with Gasteiger partial charge < -0.3 is 9.47 Å². The Hall–Kier alpha value is -0.570. The molecular weight excluding hydrogens is 156 g/mol. The van der Waals surface area contributed by atoms with Gasteiger partial charge in [0, 0.05) is 20.0 Å². The molecule has 0 N–H and O–H groups in total. The van der Waals surface area contributed by atoms with E-state index in [1.165, 1.54) is 0 Å². The smallest absolute Gasteiger partial charge is 0.306 e. The molecule has 0 bridgehead atoms. The molecule has 0 spiro atoms. The summed E-state index contributed by atoms with van der Waals surface area (Å²) in [5.74, 6) is -0.0769. The Balaban J connectivity index is 2.36. The van der Waals surface area contributed by atoms with Crippen LogP contribution in [0.25, 0.3) is 0 Å². The maximum Gasteiger partial charge on any atom is 0.306 e. The van der Waals surface area contributed by atoms with Gasteiger partial charge in [0.1, 0.15) is 6.10 Å². The Morgan fingerprint density at radius 1 is 1.67 bits per heavy atom. The molecule has 0 aromatic carbocycles. The van der Waals surface area contributed by atoms with Crippen molar-refractivity contribution in [2.24, 2.45) is 0 Å². The lowest BCUT2D eigenvalue weighted by atomic mass is 9.99. The summed E-state index contributed by atoms with van der Waals surface area (Å²) in [4.78, 5) is 10.8. The first-order valence-electron chi connectivity index (χ1n) is 4.28. The highest BCUT2D eigenvalue weighted by Gasteiger charge is 2.29. The number of carbonyl (C=O) groups is 1. The predicted octanol–water partition coefficient (Wildman–Crippen LogP) is 1.51. The molecule has 0 aliphatic carbocycles. The van der Waals surface area contributed by atoms with Gasteiger partial charge in [-0.15, -0.1) is 0 Å². The monoisotopic (exact) mass is 172 g/mol. The number of cyclic esters (lactones) is 1. The van der Waals surface area contributed by atoms with Crippen LogP contribution in [-0.4, -0.2) is 24.8 Å². The molecule has 0 radical (unpaired) electrons. The highest BCUT2D eigenvalue weighted by molar-refractivity contribution is 5.71. The second kappa shape index (κ2) is 3.44. The third-order valence-electron chi connectivity index (χ3n) is 2.24. The van der Waals surface area contributed by atoms with Crippen LogP contribution in [0.3, 0.4) is 0 Å². The number of esters is 1. The predicted molar refractivity (Wildman–Crippen MR) is 44.8 cm³/mol. The summed E-state index contributed by atoms with van der Waals surface area (Å²) in [5, 5.41) is 0. The van der Waals surface area contributed by atoms with Gasteiger partial charge in [-0.25, -0.2) is 0 Å². The summed E-state index contributed by atoms with van der Waals surface area (Å²) in [6.07, 6.45) is 2.25. The van der Waals surface area contributed by atoms with Gasteiger partial charge in [0.25, 0.3) is 0 Å². The van der Waals surface area contributed by atoms with E-state index in [0.717, 1.165) is 12.8 Å². The van der Waals surface area contributed by atoms with Gasteiger partial charge >= 0.3 is 5.97 Å². The van der Waals surface area contributed by atoms with Gasteiger partial charge in [-0.05, 0) is 20.3 Å². The summed E-state index contributed by atoms with van der Waals surface area (Å²) in [6.45, 7) is 4.00. The molecule has 0 saturated carbocycles. The number of hydrogen-bond acceptors (Lipinski definition) is 3. The van der Waals surface area contributed by atoms with Crippen molar-refractivity contribution in [2.75, 3.05) is 7.11 Å². The Labute approximate surface area is 73.0 Å². The average molecular weight is 172 g/mol. The van der Waals surface area contributed by atoms with Gasteiger partial charge in [-0.3, -0.25) is 4.79 Å². The van der Waals surface area contributed by atoms with Crippen molar-refractivity contribution >= 4 is 5.97 Å². The van der Waals surface area contributed by atoms with E-state index in [2.05, 4.69) is 0 Å². The fraction of sp³-hybridized carbons (Fsp3) is 0.889. The second-order valence-corrected chi connectivity index (χ2v) is 3.82. The van der Waals surface area contributed by atoms with Gasteiger partial charge in [0.05, 0.1) is 5.60 Å². The highest BCUT2D eigenvalue weighted by Crippen LogP contribution is 2.24. The summed E-state index contributed by atoms with van der Waals surface area (Å²) >= 11 is 0. The zero-order chi connectivity index (χ0) is 9.19. The number of ether oxygens (including phenoxy) is 2. The maximum atomic E-state index is 10.8. The number of carbonyl (C=O) groups excluding carboxylic acids is 1. The normalized spacial score (nSPS) is 24.2. The Morgan fingerprint density at radius 3 is 2.75 bits per heavy atom. The Morgan fingerprint density at radius 2 is 2.33 bits per heavy atom. The van der Waals surface area contributed by atoms with E-state index in [0.29, 0.717) is 6.42 Å². The molecule has 1 unspecified atom stereocenters. The molecule has 0 amide bonds. The van der Waals surface area contributed by atoms with Crippen LogP contribution in [0.5, 0.6) is 0 Å². The minimum Gasteiger partial charge on any atom is -0.462 e. The minimum absolute atomic E-state index is 0.0625. The van der Waals surface area contributed by atoms with Gasteiger partial charge in [0.2, 0.25) is 0 Å². The Bertz CT molecular complexity index is 175. The van der Waals surface area contributed by atoms with Crippen LogP contribution in [0.15, 0.2) is 0 Å². The van der Waals surface area contributed by atoms with Crippen molar-refractivity contribution in [3.05, 3.63) is 0 Å². The van der Waals surface area contributed by atoms with Crippen molar-refractivity contribution in [3.63, 3.8) is 0 Å². The van der Waals surface area contributed by atoms with Crippen LogP contribution in [0, 0.1) is 0 Å². The third kappa shape index (κ3) is 2.48. The van der Waals surface area contributed by atoms with Crippen molar-refractivity contribution in [2.45, 2.75) is 44.8 Å². The number of hydrogen-bond donors (Lipinski definition) is 0. The van der Waals surface area contributed by atoms with Crippen LogP contribution in [0.2, 0.25) is 0 Å². The summed E-state index contributed by atoms with van der Waals surface area (Å²) in [5.41, 5.74) is -0.185. The first-order valence-corrected chi connectivity index (χ1v) is 4.28. The molecule has 0 aromatic rings. The topological polar surface area (TPSA) is 35.5 Å². The molecule has 1 atom stereocenters. The standard InChI is InChI=1S/C9H16O3/c1-9(2,11-3)6-7-4-5-8(10)12-7/h7H,4-6H2,1-3H3. The fourth-order valence-corrected chi connectivity index (χ4v) is 1.36. The van der Waals surface area contributed by atoms with Gasteiger partial charge in [-0.1, -0.05) is 0 Å². The molecule has 12 heavy (non-hydrogen) atoms. The van der Waals surface area contributed by atoms with Crippen molar-refractivity contribution in [1.29, 1.82) is 0 Å². The molecule has 1 saturated heterocycles. The molecule has 3 nitrogen and oxygen atoms in total. The molecule has 1 fully saturated rings. The van der Waals surface area contributed by atoms with Crippen LogP contribution in [0.4, 0.5) is 0 Å². The van der Waals surface area contributed by atoms with E-state index < -0.39 is 0 Å². The van der Waals surface area contributed by atoms with Gasteiger partial charge in [0.15, 0.2) is 0 Å². The van der Waals surface area contributed by atoms with E-state index in [1.54, 1.807) is 7.11 Å². The lowest BCUT2D eigenvalue weighted by Gasteiger charge is -2.25. The van der Waals surface area contributed by atoms with E-state index in [-0.39, 0.29) is 17.7 Å². The first-order chi connectivity index (χ1) is 5.53. The molecule has 0 aromatic heterocycles. The maximum absolute atomic E-state index is 10.8. The van der Waals surface area contributed by atoms with E-state index in [9.17, 15) is 4.79 Å². The summed E-state index contributed by atoms with van der Waals surface area (Å²) in [6, 6.07) is 0. The van der Waals surface area contributed by atoms with E-state index >= 15 is 0 Å². The van der Waals surface area contributed by atoms with Crippen molar-refractivity contribution in [3.8, 4) is 0 Å². The third-order valence-corrected chi connectivity index (χ3v) is 2.24. The summed E-state index contributed by atoms with van der Waals surface area (Å²) < 4.78 is 10.3. The lowest BCUT2D eigenvalue weighted by molar-refractivity contribution is -0.143. The molecular formula is C9H16O3. The van der Waals surface area contributed by atoms with Crippen LogP contribution in [0.1, 0.15) is 33.1 Å². The molecule has 1 aliphatic heterocycles. The van der Waals surface area contributed by atoms with Gasteiger partial charge in [-0.2, -0.15) is 0 Å². The van der Waals surface area contributed by atoms with Crippen LogP contribution in [-0.2, 0) is 14.3 Å². The van der Waals surface area contributed by atoms with Crippen LogP contribution < -0.4 is 0 Å². The largest absolute Gasteiger partial charge is 0.462 e. The average Bonchev–Trinajstić information content (AvgIpc) is 2.35. The summed E-state index contributed by atoms with van der Waals surface area (Å²) in [7, 11) is 1.68.